The maximum Gasteiger partial charge on any atom is 0.243 e. The van der Waals surface area contributed by atoms with Gasteiger partial charge in [0.25, 0.3) is 0 Å². The van der Waals surface area contributed by atoms with Crippen molar-refractivity contribution in [1.82, 2.24) is 9.29 Å². The van der Waals surface area contributed by atoms with Gasteiger partial charge >= 0.3 is 0 Å². The minimum atomic E-state index is -3.66. The Hall–Kier alpha value is -2.25. The molecule has 0 spiro atoms. The summed E-state index contributed by atoms with van der Waals surface area (Å²) in [5.74, 6) is -0.247. The smallest absolute Gasteiger partial charge is 0.243 e. The van der Waals surface area contributed by atoms with Crippen molar-refractivity contribution in [1.29, 1.82) is 0 Å². The maximum atomic E-state index is 12.7. The van der Waals surface area contributed by atoms with Crippen LogP contribution in [-0.2, 0) is 21.2 Å². The highest BCUT2D eigenvalue weighted by atomic mass is 32.2. The summed E-state index contributed by atoms with van der Waals surface area (Å²) < 4.78 is 26.7. The minimum Gasteiger partial charge on any atom is -0.308 e. The second-order valence-corrected chi connectivity index (χ2v) is 7.53. The first-order valence-electron chi connectivity index (χ1n) is 7.82. The van der Waals surface area contributed by atoms with Crippen LogP contribution in [0.3, 0.4) is 0 Å². The van der Waals surface area contributed by atoms with Gasteiger partial charge in [0.2, 0.25) is 15.9 Å². The topological polar surface area (TPSA) is 70.6 Å². The number of piperazine rings is 1. The summed E-state index contributed by atoms with van der Waals surface area (Å²) >= 11 is 0. The van der Waals surface area contributed by atoms with E-state index in [9.17, 15) is 13.2 Å². The normalized spacial score (nSPS) is 16.4. The zero-order valence-corrected chi connectivity index (χ0v) is 14.2. The third kappa shape index (κ3) is 3.18. The molecule has 2 aromatic rings. The molecular weight excluding hydrogens is 326 g/mol. The zero-order valence-electron chi connectivity index (χ0n) is 13.4. The molecule has 0 N–H and O–H groups in total. The van der Waals surface area contributed by atoms with Crippen molar-refractivity contribution in [3.8, 4) is 0 Å². The molecule has 0 radical (unpaired) electrons. The summed E-state index contributed by atoms with van der Waals surface area (Å²) in [4.78, 5) is 18.2. The standard InChI is InChI=1S/C17H19N3O3S/c1-2-14-5-7-16(8-6-14)24(22,23)19-10-11-20(17(21)13-19)15-4-3-9-18-12-15/h3-9,12H,2,10-11,13H2,1H3. The lowest BCUT2D eigenvalue weighted by Crippen LogP contribution is -2.52. The average Bonchev–Trinajstić information content (AvgIpc) is 2.62. The predicted octanol–water partition coefficient (Wildman–Crippen LogP) is 1.68. The highest BCUT2D eigenvalue weighted by Crippen LogP contribution is 2.21. The van der Waals surface area contributed by atoms with Crippen molar-refractivity contribution >= 4 is 21.6 Å². The van der Waals surface area contributed by atoms with Crippen LogP contribution in [0.4, 0.5) is 5.69 Å². The summed E-state index contributed by atoms with van der Waals surface area (Å²) in [6, 6.07) is 10.4. The highest BCUT2D eigenvalue weighted by Gasteiger charge is 2.33. The molecule has 1 aromatic carbocycles. The first-order chi connectivity index (χ1) is 11.5. The number of hydrogen-bond donors (Lipinski definition) is 0. The van der Waals surface area contributed by atoms with E-state index in [0.717, 1.165) is 12.0 Å². The molecule has 6 nitrogen and oxygen atoms in total. The van der Waals surface area contributed by atoms with Crippen LogP contribution in [0, 0.1) is 0 Å². The summed E-state index contributed by atoms with van der Waals surface area (Å²) in [5.41, 5.74) is 1.76. The number of aromatic nitrogens is 1. The number of carbonyl (C=O) groups excluding carboxylic acids is 1. The van der Waals surface area contributed by atoms with Gasteiger partial charge in [0.15, 0.2) is 0 Å². The van der Waals surface area contributed by atoms with Crippen LogP contribution in [0.2, 0.25) is 0 Å². The maximum absolute atomic E-state index is 12.7. The molecular formula is C17H19N3O3S. The Morgan fingerprint density at radius 3 is 2.46 bits per heavy atom. The highest BCUT2D eigenvalue weighted by molar-refractivity contribution is 7.89. The van der Waals surface area contributed by atoms with E-state index in [4.69, 9.17) is 0 Å². The fourth-order valence-corrected chi connectivity index (χ4v) is 4.07. The van der Waals surface area contributed by atoms with E-state index < -0.39 is 10.0 Å². The molecule has 1 aliphatic rings. The lowest BCUT2D eigenvalue weighted by Gasteiger charge is -2.33. The lowest BCUT2D eigenvalue weighted by molar-refractivity contribution is -0.119. The van der Waals surface area contributed by atoms with Gasteiger partial charge in [-0.1, -0.05) is 19.1 Å². The van der Waals surface area contributed by atoms with Gasteiger partial charge in [-0.15, -0.1) is 0 Å². The fraction of sp³-hybridized carbons (Fsp3) is 0.294. The van der Waals surface area contributed by atoms with E-state index in [1.165, 1.54) is 4.31 Å². The number of pyridine rings is 1. The van der Waals surface area contributed by atoms with Crippen molar-refractivity contribution in [2.24, 2.45) is 0 Å². The van der Waals surface area contributed by atoms with Crippen LogP contribution in [0.25, 0.3) is 0 Å². The Bertz CT molecular complexity index is 820. The number of aryl methyl sites for hydroxylation is 1. The molecule has 1 fully saturated rings. The van der Waals surface area contributed by atoms with E-state index >= 15 is 0 Å². The minimum absolute atomic E-state index is 0.160. The molecule has 24 heavy (non-hydrogen) atoms. The Kier molecular flexibility index (Phi) is 4.64. The summed E-state index contributed by atoms with van der Waals surface area (Å²) in [6.45, 7) is 2.43. The number of benzene rings is 1. The molecule has 1 saturated heterocycles. The summed E-state index contributed by atoms with van der Waals surface area (Å²) in [6.07, 6.45) is 4.09. The number of amides is 1. The van der Waals surface area contributed by atoms with Gasteiger partial charge in [-0.2, -0.15) is 4.31 Å². The molecule has 1 aliphatic heterocycles. The van der Waals surface area contributed by atoms with Crippen molar-refractivity contribution < 1.29 is 13.2 Å². The molecule has 2 heterocycles. The van der Waals surface area contributed by atoms with Crippen LogP contribution in [0.5, 0.6) is 0 Å². The molecule has 0 atom stereocenters. The number of nitrogens with zero attached hydrogens (tertiary/aromatic N) is 3. The first kappa shape index (κ1) is 16.6. The molecule has 3 rings (SSSR count). The third-order valence-corrected chi connectivity index (χ3v) is 5.97. The van der Waals surface area contributed by atoms with Gasteiger partial charge in [-0.3, -0.25) is 9.78 Å². The molecule has 0 saturated carbocycles. The quantitative estimate of drug-likeness (QED) is 0.845. The van der Waals surface area contributed by atoms with E-state index in [2.05, 4.69) is 4.98 Å². The second kappa shape index (κ2) is 6.70. The third-order valence-electron chi connectivity index (χ3n) is 4.11. The Balaban J connectivity index is 1.78. The Labute approximate surface area is 141 Å². The van der Waals surface area contributed by atoms with Crippen molar-refractivity contribution in [2.75, 3.05) is 24.5 Å². The number of anilines is 1. The van der Waals surface area contributed by atoms with Gasteiger partial charge in [0.05, 0.1) is 23.3 Å². The van der Waals surface area contributed by atoms with Crippen LogP contribution < -0.4 is 4.90 Å². The largest absolute Gasteiger partial charge is 0.308 e. The summed E-state index contributed by atoms with van der Waals surface area (Å²) in [7, 11) is -3.66. The van der Waals surface area contributed by atoms with Gasteiger partial charge in [-0.25, -0.2) is 8.42 Å². The zero-order chi connectivity index (χ0) is 17.2. The van der Waals surface area contributed by atoms with Gasteiger partial charge in [0, 0.05) is 19.3 Å². The fourth-order valence-electron chi connectivity index (χ4n) is 2.69. The molecule has 126 valence electrons. The van der Waals surface area contributed by atoms with Crippen molar-refractivity contribution in [3.63, 3.8) is 0 Å². The van der Waals surface area contributed by atoms with Crippen molar-refractivity contribution in [2.45, 2.75) is 18.2 Å². The van der Waals surface area contributed by atoms with Gasteiger partial charge < -0.3 is 4.90 Å². The van der Waals surface area contributed by atoms with Crippen LogP contribution in [0.15, 0.2) is 53.7 Å². The number of carbonyl (C=O) groups is 1. The SMILES string of the molecule is CCc1ccc(S(=O)(=O)N2CCN(c3cccnc3)C(=O)C2)cc1. The molecule has 0 bridgehead atoms. The second-order valence-electron chi connectivity index (χ2n) is 5.59. The monoisotopic (exact) mass is 345 g/mol. The van der Waals surface area contributed by atoms with E-state index in [0.29, 0.717) is 12.2 Å². The molecule has 7 heteroatoms. The molecule has 0 aliphatic carbocycles. The molecule has 0 unspecified atom stereocenters. The predicted molar refractivity (Wildman–Crippen MR) is 91.2 cm³/mol. The number of hydrogen-bond acceptors (Lipinski definition) is 4. The van der Waals surface area contributed by atoms with Gasteiger partial charge in [0.1, 0.15) is 0 Å². The Morgan fingerprint density at radius 2 is 1.88 bits per heavy atom. The van der Waals surface area contributed by atoms with Crippen LogP contribution >= 0.6 is 0 Å². The molecule has 1 amide bonds. The van der Waals surface area contributed by atoms with Crippen molar-refractivity contribution in [3.05, 3.63) is 54.4 Å². The molecule has 1 aromatic heterocycles. The van der Waals surface area contributed by atoms with E-state index in [-0.39, 0.29) is 23.9 Å². The average molecular weight is 345 g/mol. The van der Waals surface area contributed by atoms with Gasteiger partial charge in [-0.05, 0) is 36.2 Å². The van der Waals surface area contributed by atoms with E-state index in [1.54, 1.807) is 53.7 Å². The van der Waals surface area contributed by atoms with Crippen LogP contribution in [0.1, 0.15) is 12.5 Å². The van der Waals surface area contributed by atoms with E-state index in [1.807, 2.05) is 6.92 Å². The summed E-state index contributed by atoms with van der Waals surface area (Å²) in [5, 5.41) is 0. The number of sulfonamides is 1. The lowest BCUT2D eigenvalue weighted by atomic mass is 10.2. The Morgan fingerprint density at radius 1 is 1.12 bits per heavy atom. The van der Waals surface area contributed by atoms with Crippen LogP contribution in [-0.4, -0.2) is 43.2 Å². The number of rotatable bonds is 4. The first-order valence-corrected chi connectivity index (χ1v) is 9.26.